The molecule has 0 fully saturated rings. The second-order valence-corrected chi connectivity index (χ2v) is 4.73. The van der Waals surface area contributed by atoms with E-state index in [0.717, 1.165) is 5.82 Å². The SMILES string of the molecule is COC(C)(C)CC(=O)N(C)Cc1n[nH]c(C)n1. The van der Waals surface area contributed by atoms with Crippen LogP contribution >= 0.6 is 0 Å². The molecule has 0 aliphatic rings. The number of ether oxygens (including phenoxy) is 1. The predicted molar refractivity (Wildman–Crippen MR) is 63.3 cm³/mol. The summed E-state index contributed by atoms with van der Waals surface area (Å²) in [4.78, 5) is 17.7. The minimum Gasteiger partial charge on any atom is -0.378 e. The van der Waals surface area contributed by atoms with Crippen molar-refractivity contribution in [2.45, 2.75) is 39.3 Å². The lowest BCUT2D eigenvalue weighted by molar-refractivity contribution is -0.135. The number of nitrogens with one attached hydrogen (secondary N) is 1. The zero-order valence-electron chi connectivity index (χ0n) is 11.1. The van der Waals surface area contributed by atoms with E-state index in [0.29, 0.717) is 18.8 Å². The molecule has 1 aromatic heterocycles. The Bertz CT molecular complexity index is 387. The molecule has 0 aromatic carbocycles. The first-order valence-electron chi connectivity index (χ1n) is 5.51. The maximum absolute atomic E-state index is 11.9. The highest BCUT2D eigenvalue weighted by molar-refractivity contribution is 5.76. The van der Waals surface area contributed by atoms with Crippen LogP contribution in [0.5, 0.6) is 0 Å². The van der Waals surface area contributed by atoms with Gasteiger partial charge < -0.3 is 9.64 Å². The van der Waals surface area contributed by atoms with Crippen molar-refractivity contribution >= 4 is 5.91 Å². The number of hydrogen-bond donors (Lipinski definition) is 1. The zero-order valence-corrected chi connectivity index (χ0v) is 11.1. The van der Waals surface area contributed by atoms with Gasteiger partial charge in [0.15, 0.2) is 5.82 Å². The summed E-state index contributed by atoms with van der Waals surface area (Å²) in [5.74, 6) is 1.38. The van der Waals surface area contributed by atoms with Crippen LogP contribution < -0.4 is 0 Å². The van der Waals surface area contributed by atoms with E-state index in [4.69, 9.17) is 4.74 Å². The van der Waals surface area contributed by atoms with Crippen molar-refractivity contribution in [2.75, 3.05) is 14.2 Å². The van der Waals surface area contributed by atoms with E-state index in [1.807, 2.05) is 20.8 Å². The Kier molecular flexibility index (Phi) is 4.22. The van der Waals surface area contributed by atoms with Gasteiger partial charge in [0.1, 0.15) is 5.82 Å². The lowest BCUT2D eigenvalue weighted by Crippen LogP contribution is -2.35. The molecule has 1 aromatic rings. The highest BCUT2D eigenvalue weighted by Gasteiger charge is 2.23. The van der Waals surface area contributed by atoms with Crippen LogP contribution in [-0.4, -0.2) is 45.7 Å². The van der Waals surface area contributed by atoms with E-state index in [2.05, 4.69) is 15.2 Å². The highest BCUT2D eigenvalue weighted by Crippen LogP contribution is 2.14. The van der Waals surface area contributed by atoms with Crippen molar-refractivity contribution in [3.63, 3.8) is 0 Å². The number of hydrogen-bond acceptors (Lipinski definition) is 4. The fourth-order valence-corrected chi connectivity index (χ4v) is 1.33. The number of nitrogens with zero attached hydrogens (tertiary/aromatic N) is 3. The van der Waals surface area contributed by atoms with E-state index < -0.39 is 5.60 Å². The quantitative estimate of drug-likeness (QED) is 0.829. The normalized spacial score (nSPS) is 11.6. The number of aromatic nitrogens is 3. The van der Waals surface area contributed by atoms with Gasteiger partial charge in [0.25, 0.3) is 0 Å². The first kappa shape index (κ1) is 13.6. The summed E-state index contributed by atoms with van der Waals surface area (Å²) in [5.41, 5.74) is -0.444. The fraction of sp³-hybridized carbons (Fsp3) is 0.727. The molecule has 1 heterocycles. The summed E-state index contributed by atoms with van der Waals surface area (Å²) in [6.07, 6.45) is 0.337. The molecule has 0 unspecified atom stereocenters. The molecule has 0 spiro atoms. The summed E-state index contributed by atoms with van der Waals surface area (Å²) >= 11 is 0. The molecule has 0 radical (unpaired) electrons. The van der Waals surface area contributed by atoms with E-state index in [1.54, 1.807) is 19.1 Å². The average Bonchev–Trinajstić information content (AvgIpc) is 2.63. The van der Waals surface area contributed by atoms with Gasteiger partial charge >= 0.3 is 0 Å². The maximum atomic E-state index is 11.9. The molecule has 1 amide bonds. The second-order valence-electron chi connectivity index (χ2n) is 4.73. The standard InChI is InChI=1S/C11H20N4O2/c1-8-12-9(14-13-8)7-15(4)10(16)6-11(2,3)17-5/h6-7H2,1-5H3,(H,12,13,14). The number of aromatic amines is 1. The monoisotopic (exact) mass is 240 g/mol. The number of methoxy groups -OCH3 is 1. The number of amides is 1. The van der Waals surface area contributed by atoms with Crippen LogP contribution in [0.25, 0.3) is 0 Å². The van der Waals surface area contributed by atoms with Crippen LogP contribution in [0.1, 0.15) is 31.9 Å². The number of aryl methyl sites for hydroxylation is 1. The van der Waals surface area contributed by atoms with Gasteiger partial charge in [0.05, 0.1) is 18.6 Å². The van der Waals surface area contributed by atoms with Gasteiger partial charge in [-0.15, -0.1) is 0 Å². The second kappa shape index (κ2) is 5.27. The van der Waals surface area contributed by atoms with Gasteiger partial charge in [-0.25, -0.2) is 4.98 Å². The first-order chi connectivity index (χ1) is 7.84. The highest BCUT2D eigenvalue weighted by atomic mass is 16.5. The van der Waals surface area contributed by atoms with Crippen LogP contribution in [-0.2, 0) is 16.1 Å². The molecule has 0 aliphatic carbocycles. The van der Waals surface area contributed by atoms with Crippen molar-refractivity contribution in [1.82, 2.24) is 20.1 Å². The molecular weight excluding hydrogens is 220 g/mol. The summed E-state index contributed by atoms with van der Waals surface area (Å²) < 4.78 is 5.23. The molecule has 0 saturated heterocycles. The van der Waals surface area contributed by atoms with Crippen molar-refractivity contribution < 1.29 is 9.53 Å². The lowest BCUT2D eigenvalue weighted by atomic mass is 10.0. The third-order valence-corrected chi connectivity index (χ3v) is 2.58. The average molecular weight is 240 g/mol. The smallest absolute Gasteiger partial charge is 0.225 e. The molecule has 6 heteroatoms. The topological polar surface area (TPSA) is 71.1 Å². The van der Waals surface area contributed by atoms with E-state index in [1.165, 1.54) is 0 Å². The molecule has 96 valence electrons. The summed E-state index contributed by atoms with van der Waals surface area (Å²) in [6, 6.07) is 0. The van der Waals surface area contributed by atoms with Crippen LogP contribution in [0, 0.1) is 6.92 Å². The van der Waals surface area contributed by atoms with Crippen molar-refractivity contribution in [2.24, 2.45) is 0 Å². The van der Waals surface area contributed by atoms with Gasteiger partial charge in [-0.2, -0.15) is 5.10 Å². The molecule has 6 nitrogen and oxygen atoms in total. The minimum atomic E-state index is -0.444. The minimum absolute atomic E-state index is 0.0132. The Morgan fingerprint density at radius 1 is 1.53 bits per heavy atom. The molecule has 0 bridgehead atoms. The Morgan fingerprint density at radius 3 is 2.65 bits per heavy atom. The van der Waals surface area contributed by atoms with Gasteiger partial charge in [-0.1, -0.05) is 0 Å². The van der Waals surface area contributed by atoms with Crippen LogP contribution in [0.4, 0.5) is 0 Å². The van der Waals surface area contributed by atoms with E-state index >= 15 is 0 Å². The Hall–Kier alpha value is -1.43. The molecule has 0 atom stereocenters. The van der Waals surface area contributed by atoms with E-state index in [-0.39, 0.29) is 5.91 Å². The van der Waals surface area contributed by atoms with Crippen LogP contribution in [0.2, 0.25) is 0 Å². The molecular formula is C11H20N4O2. The molecule has 0 aliphatic heterocycles. The molecule has 1 N–H and O–H groups in total. The fourth-order valence-electron chi connectivity index (χ4n) is 1.33. The van der Waals surface area contributed by atoms with Crippen LogP contribution in [0.15, 0.2) is 0 Å². The van der Waals surface area contributed by atoms with Crippen molar-refractivity contribution in [3.05, 3.63) is 11.6 Å². The van der Waals surface area contributed by atoms with Gasteiger partial charge in [-0.3, -0.25) is 9.89 Å². The van der Waals surface area contributed by atoms with Crippen molar-refractivity contribution in [1.29, 1.82) is 0 Å². The number of rotatable bonds is 5. The first-order valence-corrected chi connectivity index (χ1v) is 5.51. The van der Waals surface area contributed by atoms with Gasteiger partial charge in [-0.05, 0) is 20.8 Å². The largest absolute Gasteiger partial charge is 0.378 e. The summed E-state index contributed by atoms with van der Waals surface area (Å²) in [7, 11) is 3.34. The molecule has 0 saturated carbocycles. The lowest BCUT2D eigenvalue weighted by Gasteiger charge is -2.25. The van der Waals surface area contributed by atoms with Crippen molar-refractivity contribution in [3.8, 4) is 0 Å². The molecule has 17 heavy (non-hydrogen) atoms. The number of carbonyl (C=O) groups is 1. The summed E-state index contributed by atoms with van der Waals surface area (Å²) in [5, 5.41) is 6.74. The van der Waals surface area contributed by atoms with Gasteiger partial charge in [0.2, 0.25) is 5.91 Å². The van der Waals surface area contributed by atoms with Crippen LogP contribution in [0.3, 0.4) is 0 Å². The third-order valence-electron chi connectivity index (χ3n) is 2.58. The maximum Gasteiger partial charge on any atom is 0.225 e. The predicted octanol–water partition coefficient (Wildman–Crippen LogP) is 0.887. The Morgan fingerprint density at radius 2 is 2.18 bits per heavy atom. The summed E-state index contributed by atoms with van der Waals surface area (Å²) in [6.45, 7) is 6.00. The number of carbonyl (C=O) groups excluding carboxylic acids is 1. The molecule has 1 rings (SSSR count). The Balaban J connectivity index is 2.53. The van der Waals surface area contributed by atoms with E-state index in [9.17, 15) is 4.79 Å². The zero-order chi connectivity index (χ0) is 13.1. The van der Waals surface area contributed by atoms with Gasteiger partial charge in [0, 0.05) is 14.2 Å². The number of H-pyrrole nitrogens is 1. The Labute approximate surface area is 101 Å². The third kappa shape index (κ3) is 4.14.